The number of carbonyl (C=O) groups excluding carboxylic acids is 1. The second-order valence-electron chi connectivity index (χ2n) is 3.99. The van der Waals surface area contributed by atoms with Crippen molar-refractivity contribution in [1.29, 1.82) is 5.26 Å². The van der Waals surface area contributed by atoms with Gasteiger partial charge in [0.15, 0.2) is 0 Å². The zero-order chi connectivity index (χ0) is 13.0. The molecule has 2 heterocycles. The molecule has 0 spiro atoms. The minimum absolute atomic E-state index is 0.0673. The topological polar surface area (TPSA) is 66.1 Å². The van der Waals surface area contributed by atoms with E-state index in [0.717, 1.165) is 0 Å². The maximum atomic E-state index is 11.9. The molecule has 1 aromatic rings. The highest BCUT2D eigenvalue weighted by molar-refractivity contribution is 7.99. The summed E-state index contributed by atoms with van der Waals surface area (Å²) in [6, 6.07) is 6.69. The van der Waals surface area contributed by atoms with Gasteiger partial charge in [0.25, 0.3) is 5.56 Å². The quantitative estimate of drug-likeness (QED) is 0.803. The van der Waals surface area contributed by atoms with Crippen LogP contribution in [0.15, 0.2) is 29.2 Å². The average Bonchev–Trinajstić information content (AvgIpc) is 2.86. The summed E-state index contributed by atoms with van der Waals surface area (Å²) in [5.41, 5.74) is -0.113. The van der Waals surface area contributed by atoms with Gasteiger partial charge in [-0.25, -0.2) is 0 Å². The zero-order valence-corrected chi connectivity index (χ0v) is 10.6. The van der Waals surface area contributed by atoms with Gasteiger partial charge in [-0.3, -0.25) is 9.59 Å². The predicted octanol–water partition coefficient (Wildman–Crippen LogP) is 0.663. The van der Waals surface area contributed by atoms with Crippen LogP contribution in [0.2, 0.25) is 0 Å². The minimum atomic E-state index is -0.324. The van der Waals surface area contributed by atoms with Crippen molar-refractivity contribution in [3.63, 3.8) is 0 Å². The van der Waals surface area contributed by atoms with Crippen LogP contribution in [0.25, 0.3) is 0 Å². The first-order valence-corrected chi connectivity index (χ1v) is 6.80. The van der Waals surface area contributed by atoms with Crippen molar-refractivity contribution in [3.05, 3.63) is 34.7 Å². The summed E-state index contributed by atoms with van der Waals surface area (Å²) in [7, 11) is 0. The molecular formula is C12H13N3O2S. The molecule has 94 valence electrons. The Morgan fingerprint density at radius 3 is 3.11 bits per heavy atom. The van der Waals surface area contributed by atoms with Gasteiger partial charge < -0.3 is 9.47 Å². The molecule has 2 rings (SSSR count). The van der Waals surface area contributed by atoms with E-state index in [2.05, 4.69) is 6.07 Å². The molecule has 1 amide bonds. The third kappa shape index (κ3) is 2.74. The number of thioether (sulfide) groups is 1. The van der Waals surface area contributed by atoms with E-state index in [9.17, 15) is 9.59 Å². The maximum absolute atomic E-state index is 11.9. The number of hydrogen-bond acceptors (Lipinski definition) is 4. The van der Waals surface area contributed by atoms with Crippen LogP contribution in [0.3, 0.4) is 0 Å². The molecule has 0 saturated carbocycles. The Balaban J connectivity index is 1.95. The molecule has 0 aliphatic carbocycles. The van der Waals surface area contributed by atoms with E-state index in [0.29, 0.717) is 18.2 Å². The lowest BCUT2D eigenvalue weighted by Gasteiger charge is -2.18. The van der Waals surface area contributed by atoms with Crippen LogP contribution in [-0.2, 0) is 11.3 Å². The highest BCUT2D eigenvalue weighted by Gasteiger charge is 2.28. The van der Waals surface area contributed by atoms with Crippen molar-refractivity contribution in [3.8, 4) is 6.07 Å². The monoisotopic (exact) mass is 263 g/mol. The second-order valence-corrected chi connectivity index (χ2v) is 4.99. The fourth-order valence-electron chi connectivity index (χ4n) is 1.80. The number of rotatable bonds is 3. The van der Waals surface area contributed by atoms with Gasteiger partial charge in [0.1, 0.15) is 6.04 Å². The highest BCUT2D eigenvalue weighted by atomic mass is 32.2. The van der Waals surface area contributed by atoms with Crippen LogP contribution in [-0.4, -0.2) is 33.0 Å². The van der Waals surface area contributed by atoms with E-state index in [1.165, 1.54) is 10.6 Å². The van der Waals surface area contributed by atoms with Crippen molar-refractivity contribution in [1.82, 2.24) is 9.47 Å². The number of aromatic nitrogens is 1. The van der Waals surface area contributed by atoms with Gasteiger partial charge in [-0.2, -0.15) is 5.26 Å². The summed E-state index contributed by atoms with van der Waals surface area (Å²) >= 11 is 1.58. The van der Waals surface area contributed by atoms with E-state index >= 15 is 0 Å². The molecule has 0 radical (unpaired) electrons. The van der Waals surface area contributed by atoms with Gasteiger partial charge >= 0.3 is 0 Å². The molecular weight excluding hydrogens is 250 g/mol. The summed E-state index contributed by atoms with van der Waals surface area (Å²) in [5, 5.41) is 8.90. The average molecular weight is 263 g/mol. The second kappa shape index (κ2) is 5.74. The Kier molecular flexibility index (Phi) is 4.05. The smallest absolute Gasteiger partial charge is 0.250 e. The highest BCUT2D eigenvalue weighted by Crippen LogP contribution is 2.20. The van der Waals surface area contributed by atoms with E-state index in [4.69, 9.17) is 5.26 Å². The summed E-state index contributed by atoms with van der Waals surface area (Å²) in [4.78, 5) is 25.0. The van der Waals surface area contributed by atoms with Crippen LogP contribution in [0.1, 0.15) is 6.42 Å². The number of amides is 1. The molecule has 0 aromatic carbocycles. The number of nitriles is 1. The molecule has 1 aliphatic rings. The van der Waals surface area contributed by atoms with Crippen LogP contribution >= 0.6 is 11.8 Å². The molecule has 6 heteroatoms. The maximum Gasteiger partial charge on any atom is 0.250 e. The van der Waals surface area contributed by atoms with E-state index < -0.39 is 0 Å². The summed E-state index contributed by atoms with van der Waals surface area (Å²) in [6.45, 7) is 0.359. The SMILES string of the molecule is N#C[C@@H]1CSCN1C(=O)CCn1ccccc1=O. The number of pyridine rings is 1. The van der Waals surface area contributed by atoms with Gasteiger partial charge in [0.05, 0.1) is 11.9 Å². The fraction of sp³-hybridized carbons (Fsp3) is 0.417. The molecule has 0 N–H and O–H groups in total. The van der Waals surface area contributed by atoms with Gasteiger partial charge in [-0.1, -0.05) is 6.07 Å². The Morgan fingerprint density at radius 1 is 1.56 bits per heavy atom. The molecule has 5 nitrogen and oxygen atoms in total. The van der Waals surface area contributed by atoms with E-state index in [1.54, 1.807) is 35.0 Å². The van der Waals surface area contributed by atoms with Crippen LogP contribution in [0.4, 0.5) is 0 Å². The molecule has 18 heavy (non-hydrogen) atoms. The summed E-state index contributed by atoms with van der Waals surface area (Å²) in [5.74, 6) is 1.18. The number of nitrogens with zero attached hydrogens (tertiary/aromatic N) is 3. The largest absolute Gasteiger partial charge is 0.316 e. The number of aryl methyl sites for hydroxylation is 1. The van der Waals surface area contributed by atoms with Crippen molar-refractivity contribution in [2.45, 2.75) is 19.0 Å². The van der Waals surface area contributed by atoms with E-state index in [-0.39, 0.29) is 23.9 Å². The summed E-state index contributed by atoms with van der Waals surface area (Å²) < 4.78 is 1.50. The van der Waals surface area contributed by atoms with Gasteiger partial charge in [0.2, 0.25) is 5.91 Å². The van der Waals surface area contributed by atoms with E-state index in [1.807, 2.05) is 0 Å². The molecule has 1 fully saturated rings. The first-order chi connectivity index (χ1) is 8.72. The molecule has 1 atom stereocenters. The Bertz CT molecular complexity index is 535. The van der Waals surface area contributed by atoms with Crippen LogP contribution in [0, 0.1) is 11.3 Å². The summed E-state index contributed by atoms with van der Waals surface area (Å²) in [6.07, 6.45) is 1.92. The molecule has 1 saturated heterocycles. The van der Waals surface area contributed by atoms with Crippen molar-refractivity contribution >= 4 is 17.7 Å². The number of carbonyl (C=O) groups is 1. The first-order valence-electron chi connectivity index (χ1n) is 5.64. The fourth-order valence-corrected chi connectivity index (χ4v) is 2.90. The molecule has 1 aromatic heterocycles. The third-order valence-electron chi connectivity index (χ3n) is 2.82. The predicted molar refractivity (Wildman–Crippen MR) is 68.9 cm³/mol. The van der Waals surface area contributed by atoms with Crippen molar-refractivity contribution in [2.75, 3.05) is 11.6 Å². The lowest BCUT2D eigenvalue weighted by Crippen LogP contribution is -2.36. The lowest BCUT2D eigenvalue weighted by atomic mass is 10.3. The third-order valence-corrected chi connectivity index (χ3v) is 3.83. The van der Waals surface area contributed by atoms with Gasteiger partial charge in [-0.05, 0) is 6.07 Å². The number of hydrogen-bond donors (Lipinski definition) is 0. The Hall–Kier alpha value is -1.74. The lowest BCUT2D eigenvalue weighted by molar-refractivity contribution is -0.131. The van der Waals surface area contributed by atoms with Crippen molar-refractivity contribution in [2.24, 2.45) is 0 Å². The van der Waals surface area contributed by atoms with Gasteiger partial charge in [0, 0.05) is 31.0 Å². The Morgan fingerprint density at radius 2 is 2.39 bits per heavy atom. The van der Waals surface area contributed by atoms with Crippen LogP contribution < -0.4 is 5.56 Å². The van der Waals surface area contributed by atoms with Gasteiger partial charge in [-0.15, -0.1) is 11.8 Å². The Labute approximate surface area is 109 Å². The van der Waals surface area contributed by atoms with Crippen molar-refractivity contribution < 1.29 is 4.79 Å². The minimum Gasteiger partial charge on any atom is -0.316 e. The zero-order valence-electron chi connectivity index (χ0n) is 9.78. The first kappa shape index (κ1) is 12.7. The standard InChI is InChI=1S/C12H13N3O2S/c13-7-10-8-18-9-15(10)12(17)4-6-14-5-2-1-3-11(14)16/h1-3,5,10H,4,6,8-9H2/t10-/m1/s1. The normalized spacial score (nSPS) is 18.6. The molecule has 0 unspecified atom stereocenters. The molecule has 0 bridgehead atoms. The molecule has 1 aliphatic heterocycles. The van der Waals surface area contributed by atoms with Crippen LogP contribution in [0.5, 0.6) is 0 Å².